The number of unbranched alkanes of at least 4 members (excludes halogenated alkanes) is 3. The number of aryl methyl sites for hydroxylation is 1. The van der Waals surface area contributed by atoms with Crippen LogP contribution < -0.4 is 0 Å². The van der Waals surface area contributed by atoms with Crippen LogP contribution in [0.15, 0.2) is 60.7 Å². The molecule has 28 heavy (non-hydrogen) atoms. The topological polar surface area (TPSA) is 0 Å². The van der Waals surface area contributed by atoms with Crippen molar-refractivity contribution < 1.29 is 8.78 Å². The average Bonchev–Trinajstić information content (AvgIpc) is 2.72. The highest BCUT2D eigenvalue weighted by molar-refractivity contribution is 5.68. The fraction of sp³-hybridized carbons (Fsp3) is 0.462. The van der Waals surface area contributed by atoms with Gasteiger partial charge in [-0.25, -0.2) is 0 Å². The molecule has 1 fully saturated rings. The molecule has 0 spiro atoms. The predicted octanol–water partition coefficient (Wildman–Crippen LogP) is 8.53. The highest BCUT2D eigenvalue weighted by Crippen LogP contribution is 2.41. The maximum absolute atomic E-state index is 12.6. The van der Waals surface area contributed by atoms with Crippen LogP contribution in [0, 0.1) is 5.92 Å². The number of halogens is 2. The van der Waals surface area contributed by atoms with Crippen LogP contribution in [0.3, 0.4) is 0 Å². The first-order valence-corrected chi connectivity index (χ1v) is 10.9. The highest BCUT2D eigenvalue weighted by atomic mass is 19.3. The Morgan fingerprint density at radius 2 is 1.68 bits per heavy atom. The summed E-state index contributed by atoms with van der Waals surface area (Å²) < 4.78 is 25.2. The fourth-order valence-corrected chi connectivity index (χ4v) is 4.52. The van der Waals surface area contributed by atoms with E-state index in [1.165, 1.54) is 54.0 Å². The molecule has 0 amide bonds. The molecule has 0 heterocycles. The molecular formula is C26H32F2. The molecule has 1 saturated carbocycles. The normalized spacial score (nSPS) is 19.4. The zero-order valence-electron chi connectivity index (χ0n) is 17.0. The van der Waals surface area contributed by atoms with Crippen LogP contribution in [0.1, 0.15) is 75.3 Å². The van der Waals surface area contributed by atoms with E-state index in [0.717, 1.165) is 32.1 Å². The first-order chi connectivity index (χ1) is 13.7. The molecular weight excluding hydrogens is 350 g/mol. The van der Waals surface area contributed by atoms with Gasteiger partial charge in [0, 0.05) is 0 Å². The fourth-order valence-electron chi connectivity index (χ4n) is 4.52. The Balaban J connectivity index is 1.80. The van der Waals surface area contributed by atoms with Gasteiger partial charge < -0.3 is 0 Å². The first kappa shape index (κ1) is 20.8. The van der Waals surface area contributed by atoms with E-state index in [0.29, 0.717) is 5.92 Å². The molecule has 0 unspecified atom stereocenters. The molecule has 0 N–H and O–H groups in total. The molecule has 2 heteroatoms. The lowest BCUT2D eigenvalue weighted by Gasteiger charge is -2.29. The Morgan fingerprint density at radius 1 is 0.929 bits per heavy atom. The van der Waals surface area contributed by atoms with Gasteiger partial charge in [-0.05, 0) is 78.7 Å². The third kappa shape index (κ3) is 5.77. The summed E-state index contributed by atoms with van der Waals surface area (Å²) in [4.78, 5) is 0. The van der Waals surface area contributed by atoms with Crippen LogP contribution in [-0.2, 0) is 6.42 Å². The summed E-state index contributed by atoms with van der Waals surface area (Å²) in [6.07, 6.45) is 9.57. The van der Waals surface area contributed by atoms with Crippen molar-refractivity contribution >= 4 is 0 Å². The van der Waals surface area contributed by atoms with E-state index in [1.54, 1.807) is 0 Å². The predicted molar refractivity (Wildman–Crippen MR) is 115 cm³/mol. The van der Waals surface area contributed by atoms with Gasteiger partial charge in [-0.15, -0.1) is 0 Å². The van der Waals surface area contributed by atoms with Gasteiger partial charge in [0.2, 0.25) is 0 Å². The van der Waals surface area contributed by atoms with Crippen molar-refractivity contribution in [1.29, 1.82) is 0 Å². The van der Waals surface area contributed by atoms with Crippen molar-refractivity contribution in [2.24, 2.45) is 5.92 Å². The molecule has 0 atom stereocenters. The minimum Gasteiger partial charge on any atom is -0.174 e. The van der Waals surface area contributed by atoms with Crippen molar-refractivity contribution in [1.82, 2.24) is 0 Å². The van der Waals surface area contributed by atoms with Crippen LogP contribution in [0.5, 0.6) is 0 Å². The van der Waals surface area contributed by atoms with Gasteiger partial charge in [0.05, 0.1) is 0 Å². The van der Waals surface area contributed by atoms with Gasteiger partial charge in [0.25, 0.3) is 6.08 Å². The maximum Gasteiger partial charge on any atom is 0.266 e. The quantitative estimate of drug-likeness (QED) is 0.401. The zero-order chi connectivity index (χ0) is 19.8. The monoisotopic (exact) mass is 382 g/mol. The second kappa shape index (κ2) is 10.5. The summed E-state index contributed by atoms with van der Waals surface area (Å²) in [5, 5.41) is 0. The van der Waals surface area contributed by atoms with Gasteiger partial charge in [-0.1, -0.05) is 74.7 Å². The van der Waals surface area contributed by atoms with E-state index >= 15 is 0 Å². The van der Waals surface area contributed by atoms with E-state index < -0.39 is 6.08 Å². The second-order valence-electron chi connectivity index (χ2n) is 8.17. The van der Waals surface area contributed by atoms with Gasteiger partial charge in [-0.2, -0.15) is 8.78 Å². The number of benzene rings is 2. The second-order valence-corrected chi connectivity index (χ2v) is 8.17. The molecule has 0 bridgehead atoms. The van der Waals surface area contributed by atoms with Crippen LogP contribution in [-0.4, -0.2) is 0 Å². The highest BCUT2D eigenvalue weighted by Gasteiger charge is 2.24. The Kier molecular flexibility index (Phi) is 7.82. The molecule has 0 aliphatic heterocycles. The first-order valence-electron chi connectivity index (χ1n) is 10.9. The van der Waals surface area contributed by atoms with Crippen molar-refractivity contribution in [2.45, 2.75) is 70.6 Å². The third-order valence-corrected chi connectivity index (χ3v) is 6.09. The Hall–Kier alpha value is -1.96. The van der Waals surface area contributed by atoms with Crippen LogP contribution in [0.2, 0.25) is 0 Å². The minimum atomic E-state index is -1.53. The molecule has 0 nitrogen and oxygen atoms in total. The van der Waals surface area contributed by atoms with Gasteiger partial charge in [-0.3, -0.25) is 0 Å². The largest absolute Gasteiger partial charge is 0.266 e. The van der Waals surface area contributed by atoms with Gasteiger partial charge in [0.1, 0.15) is 0 Å². The summed E-state index contributed by atoms with van der Waals surface area (Å²) in [5.74, 6) is 0.511. The lowest BCUT2D eigenvalue weighted by molar-refractivity contribution is 0.351. The van der Waals surface area contributed by atoms with Gasteiger partial charge in [0.15, 0.2) is 0 Å². The van der Waals surface area contributed by atoms with Crippen molar-refractivity contribution in [3.63, 3.8) is 0 Å². The summed E-state index contributed by atoms with van der Waals surface area (Å²) in [7, 11) is 0. The summed E-state index contributed by atoms with van der Waals surface area (Å²) in [5.41, 5.74) is 5.41. The Bertz CT molecular complexity index is 751. The minimum absolute atomic E-state index is 0.0404. The molecule has 150 valence electrons. The molecule has 0 aromatic heterocycles. The molecule has 1 aliphatic carbocycles. The smallest absolute Gasteiger partial charge is 0.174 e. The van der Waals surface area contributed by atoms with E-state index in [4.69, 9.17) is 0 Å². The molecule has 1 aliphatic rings. The number of allylic oxidation sites excluding steroid dienone is 1. The average molecular weight is 383 g/mol. The molecule has 3 rings (SSSR count). The van der Waals surface area contributed by atoms with Crippen molar-refractivity contribution in [2.75, 3.05) is 0 Å². The van der Waals surface area contributed by atoms with Crippen molar-refractivity contribution in [3.8, 4) is 11.1 Å². The zero-order valence-corrected chi connectivity index (χ0v) is 17.0. The maximum atomic E-state index is 12.6. The lowest BCUT2D eigenvalue weighted by Crippen LogP contribution is -2.13. The SMILES string of the molecule is CCCCCCc1ccc(-c2ccccc2)c(C2CCC(C=C(F)F)CC2)c1. The number of rotatable bonds is 8. The lowest BCUT2D eigenvalue weighted by atomic mass is 9.76. The van der Waals surface area contributed by atoms with E-state index in [1.807, 2.05) is 6.07 Å². The van der Waals surface area contributed by atoms with Crippen LogP contribution in [0.25, 0.3) is 11.1 Å². The van der Waals surface area contributed by atoms with E-state index in [2.05, 4.69) is 49.4 Å². The number of hydrogen-bond donors (Lipinski definition) is 0. The van der Waals surface area contributed by atoms with Gasteiger partial charge >= 0.3 is 0 Å². The molecule has 0 radical (unpaired) electrons. The third-order valence-electron chi connectivity index (χ3n) is 6.09. The summed E-state index contributed by atoms with van der Waals surface area (Å²) >= 11 is 0. The molecule has 0 saturated heterocycles. The van der Waals surface area contributed by atoms with Crippen molar-refractivity contribution in [3.05, 3.63) is 71.8 Å². The summed E-state index contributed by atoms with van der Waals surface area (Å²) in [6, 6.07) is 17.5. The van der Waals surface area contributed by atoms with E-state index in [9.17, 15) is 8.78 Å². The summed E-state index contributed by atoms with van der Waals surface area (Å²) in [6.45, 7) is 2.24. The Labute approximate surface area is 168 Å². The standard InChI is InChI=1S/C26H32F2/c1-2-3-4-6-9-20-14-17-24(22-10-7-5-8-11-22)25(18-20)23-15-12-21(13-16-23)19-26(27)28/h5,7-8,10-11,14,17-19,21,23H,2-4,6,9,12-13,15-16H2,1H3. The number of hydrogen-bond acceptors (Lipinski definition) is 0. The van der Waals surface area contributed by atoms with Crippen LogP contribution in [0.4, 0.5) is 8.78 Å². The van der Waals surface area contributed by atoms with Crippen LogP contribution >= 0.6 is 0 Å². The molecule has 2 aromatic carbocycles. The van der Waals surface area contributed by atoms with E-state index in [-0.39, 0.29) is 5.92 Å². The Morgan fingerprint density at radius 3 is 2.36 bits per heavy atom. The molecule has 2 aromatic rings.